The number of aromatic amines is 1. The van der Waals surface area contributed by atoms with Gasteiger partial charge in [-0.15, -0.1) is 0 Å². The predicted octanol–water partition coefficient (Wildman–Crippen LogP) is 3.43. The number of ether oxygens (including phenoxy) is 1. The van der Waals surface area contributed by atoms with Crippen LogP contribution in [0.25, 0.3) is 16.6 Å². The van der Waals surface area contributed by atoms with Gasteiger partial charge in [-0.2, -0.15) is 5.26 Å². The van der Waals surface area contributed by atoms with Crippen LogP contribution in [0.15, 0.2) is 48.2 Å². The van der Waals surface area contributed by atoms with Crippen LogP contribution in [-0.4, -0.2) is 32.6 Å². The number of para-hydroxylation sites is 2. The van der Waals surface area contributed by atoms with Gasteiger partial charge in [0.15, 0.2) is 11.6 Å². The first-order chi connectivity index (χ1) is 13.4. The Morgan fingerprint density at radius 3 is 2.75 bits per heavy atom. The van der Waals surface area contributed by atoms with Gasteiger partial charge in [0.1, 0.15) is 18.2 Å². The van der Waals surface area contributed by atoms with Crippen molar-refractivity contribution < 1.29 is 19.6 Å². The van der Waals surface area contributed by atoms with Crippen LogP contribution in [0.5, 0.6) is 0 Å². The van der Waals surface area contributed by atoms with Gasteiger partial charge in [0.05, 0.1) is 21.5 Å². The number of aliphatic hydroxyl groups excluding tert-OH is 1. The molecule has 0 amide bonds. The lowest BCUT2D eigenvalue weighted by Gasteiger charge is -2.06. The number of H-pyrrole nitrogens is 1. The van der Waals surface area contributed by atoms with Crippen LogP contribution in [0.4, 0.5) is 5.69 Å². The van der Waals surface area contributed by atoms with Gasteiger partial charge in [-0.05, 0) is 31.2 Å². The molecule has 140 valence electrons. The number of hydrogen-bond donors (Lipinski definition) is 2. The first-order valence-electron chi connectivity index (χ1n) is 8.10. The molecule has 0 spiro atoms. The van der Waals surface area contributed by atoms with Gasteiger partial charge in [-0.25, -0.2) is 9.78 Å². The zero-order valence-corrected chi connectivity index (χ0v) is 14.7. The summed E-state index contributed by atoms with van der Waals surface area (Å²) in [6, 6.07) is 12.7. The molecule has 1 aromatic heterocycles. The molecule has 0 aliphatic heterocycles. The third kappa shape index (κ3) is 3.66. The number of aliphatic hydroxyl groups is 1. The fourth-order valence-electron chi connectivity index (χ4n) is 2.60. The van der Waals surface area contributed by atoms with E-state index in [1.165, 1.54) is 25.1 Å². The van der Waals surface area contributed by atoms with Crippen molar-refractivity contribution in [1.82, 2.24) is 9.97 Å². The molecule has 0 saturated heterocycles. The standard InChI is InChI=1S/C19H14N4O5/c1-11-8-12(6-7-16(11)23(26)27)19(25)28-10-17(24)13(9-20)18-21-14-4-2-3-5-15(14)22-18/h2-8,24H,10H2,1H3,(H,21,22). The number of aromatic nitrogens is 2. The molecule has 3 rings (SSSR count). The van der Waals surface area contributed by atoms with Crippen LogP contribution in [0.1, 0.15) is 21.7 Å². The van der Waals surface area contributed by atoms with Gasteiger partial charge in [-0.3, -0.25) is 10.1 Å². The lowest BCUT2D eigenvalue weighted by molar-refractivity contribution is -0.385. The molecule has 9 heteroatoms. The summed E-state index contributed by atoms with van der Waals surface area (Å²) in [5.74, 6) is -1.09. The van der Waals surface area contributed by atoms with Gasteiger partial charge in [-0.1, -0.05) is 12.1 Å². The minimum absolute atomic E-state index is 0.0955. The summed E-state index contributed by atoms with van der Waals surface area (Å²) >= 11 is 0. The van der Waals surface area contributed by atoms with Crippen LogP contribution in [0.2, 0.25) is 0 Å². The minimum atomic E-state index is -0.786. The highest BCUT2D eigenvalue weighted by molar-refractivity contribution is 5.90. The van der Waals surface area contributed by atoms with Crippen LogP contribution in [-0.2, 0) is 4.74 Å². The molecule has 0 saturated carbocycles. The molecule has 2 N–H and O–H groups in total. The largest absolute Gasteiger partial charge is 0.507 e. The van der Waals surface area contributed by atoms with E-state index >= 15 is 0 Å². The number of benzene rings is 2. The lowest BCUT2D eigenvalue weighted by Crippen LogP contribution is -2.10. The number of nitriles is 1. The van der Waals surface area contributed by atoms with Gasteiger partial charge in [0.2, 0.25) is 0 Å². The molecule has 0 bridgehead atoms. The first kappa shape index (κ1) is 18.6. The SMILES string of the molecule is Cc1cc(C(=O)OCC(O)=C(C#N)c2nc3ccccc3[nH]2)ccc1[N+](=O)[O-]. The van der Waals surface area contributed by atoms with E-state index in [1.807, 2.05) is 6.07 Å². The third-order valence-electron chi connectivity index (χ3n) is 4.00. The predicted molar refractivity (Wildman–Crippen MR) is 99.4 cm³/mol. The summed E-state index contributed by atoms with van der Waals surface area (Å²) in [4.78, 5) is 29.6. The van der Waals surface area contributed by atoms with Crippen molar-refractivity contribution in [2.24, 2.45) is 0 Å². The Balaban J connectivity index is 1.78. The van der Waals surface area contributed by atoms with Crippen molar-refractivity contribution >= 4 is 28.3 Å². The zero-order chi connectivity index (χ0) is 20.3. The highest BCUT2D eigenvalue weighted by atomic mass is 16.6. The summed E-state index contributed by atoms with van der Waals surface area (Å²) in [6.07, 6.45) is 0. The number of rotatable bonds is 5. The van der Waals surface area contributed by atoms with Crippen molar-refractivity contribution in [2.45, 2.75) is 6.92 Å². The Morgan fingerprint density at radius 2 is 2.11 bits per heavy atom. The lowest BCUT2D eigenvalue weighted by atomic mass is 10.1. The topological polar surface area (TPSA) is 142 Å². The van der Waals surface area contributed by atoms with E-state index in [4.69, 9.17) is 4.74 Å². The average Bonchev–Trinajstić information content (AvgIpc) is 3.09. The summed E-state index contributed by atoms with van der Waals surface area (Å²) in [5.41, 5.74) is 1.45. The highest BCUT2D eigenvalue weighted by Crippen LogP contribution is 2.21. The molecule has 0 aliphatic rings. The Labute approximate surface area is 158 Å². The van der Waals surface area contributed by atoms with Gasteiger partial charge in [0.25, 0.3) is 5.69 Å². The van der Waals surface area contributed by atoms with E-state index in [0.29, 0.717) is 16.6 Å². The number of nitro groups is 1. The maximum atomic E-state index is 12.1. The van der Waals surface area contributed by atoms with Crippen LogP contribution in [0, 0.1) is 28.4 Å². The van der Waals surface area contributed by atoms with Crippen molar-refractivity contribution in [3.8, 4) is 6.07 Å². The molecule has 28 heavy (non-hydrogen) atoms. The van der Waals surface area contributed by atoms with Crippen LogP contribution >= 0.6 is 0 Å². The van der Waals surface area contributed by atoms with Gasteiger partial charge < -0.3 is 14.8 Å². The molecule has 0 aliphatic carbocycles. The second-order valence-corrected chi connectivity index (χ2v) is 5.87. The quantitative estimate of drug-likeness (QED) is 0.228. The van der Waals surface area contributed by atoms with E-state index in [1.54, 1.807) is 24.3 Å². The normalized spacial score (nSPS) is 11.6. The number of nitrogens with zero attached hydrogens (tertiary/aromatic N) is 3. The van der Waals surface area contributed by atoms with Gasteiger partial charge >= 0.3 is 5.97 Å². The molecule has 9 nitrogen and oxygen atoms in total. The zero-order valence-electron chi connectivity index (χ0n) is 14.7. The second kappa shape index (κ2) is 7.59. The number of imidazole rings is 1. The van der Waals surface area contributed by atoms with Crippen LogP contribution in [0.3, 0.4) is 0 Å². The average molecular weight is 378 g/mol. The molecule has 2 aromatic carbocycles. The fraction of sp³-hybridized carbons (Fsp3) is 0.105. The molecule has 0 unspecified atom stereocenters. The van der Waals surface area contributed by atoms with Crippen molar-refractivity contribution in [3.63, 3.8) is 0 Å². The van der Waals surface area contributed by atoms with E-state index in [9.17, 15) is 25.3 Å². The van der Waals surface area contributed by atoms with Crippen molar-refractivity contribution in [1.29, 1.82) is 5.26 Å². The number of nitro benzene ring substituents is 1. The number of nitrogens with one attached hydrogen (secondary N) is 1. The maximum Gasteiger partial charge on any atom is 0.338 e. The maximum absolute atomic E-state index is 12.1. The summed E-state index contributed by atoms with van der Waals surface area (Å²) in [7, 11) is 0. The summed E-state index contributed by atoms with van der Waals surface area (Å²) in [5, 5.41) is 30.4. The molecule has 0 radical (unpaired) electrons. The fourth-order valence-corrected chi connectivity index (χ4v) is 2.60. The monoisotopic (exact) mass is 378 g/mol. The Morgan fingerprint density at radius 1 is 1.36 bits per heavy atom. The highest BCUT2D eigenvalue weighted by Gasteiger charge is 2.17. The van der Waals surface area contributed by atoms with E-state index in [-0.39, 0.29) is 22.6 Å². The third-order valence-corrected chi connectivity index (χ3v) is 4.00. The number of carbonyl (C=O) groups is 1. The molecule has 1 heterocycles. The number of aryl methyl sites for hydroxylation is 1. The van der Waals surface area contributed by atoms with E-state index < -0.39 is 23.3 Å². The second-order valence-electron chi connectivity index (χ2n) is 5.87. The van der Waals surface area contributed by atoms with E-state index in [0.717, 1.165) is 0 Å². The van der Waals surface area contributed by atoms with Crippen LogP contribution < -0.4 is 0 Å². The van der Waals surface area contributed by atoms with Crippen molar-refractivity contribution in [2.75, 3.05) is 6.61 Å². The number of allylic oxidation sites excluding steroid dienone is 1. The Kier molecular flexibility index (Phi) is 5.04. The Bertz CT molecular complexity index is 1120. The number of carbonyl (C=O) groups excluding carboxylic acids is 1. The summed E-state index contributed by atoms with van der Waals surface area (Å²) < 4.78 is 5.01. The Hall–Kier alpha value is -4.19. The van der Waals surface area contributed by atoms with Gasteiger partial charge in [0, 0.05) is 11.6 Å². The smallest absolute Gasteiger partial charge is 0.338 e. The number of esters is 1. The van der Waals surface area contributed by atoms with Crippen molar-refractivity contribution in [3.05, 3.63) is 75.3 Å². The molecule has 0 fully saturated rings. The number of hydrogen-bond acceptors (Lipinski definition) is 7. The molecule has 3 aromatic rings. The molecular formula is C19H14N4O5. The molecular weight excluding hydrogens is 364 g/mol. The molecule has 0 atom stereocenters. The summed E-state index contributed by atoms with van der Waals surface area (Å²) in [6.45, 7) is 0.955. The number of fused-ring (bicyclic) bond motifs is 1. The minimum Gasteiger partial charge on any atom is -0.507 e. The van der Waals surface area contributed by atoms with E-state index in [2.05, 4.69) is 9.97 Å². The first-order valence-corrected chi connectivity index (χ1v) is 8.10.